The van der Waals surface area contributed by atoms with E-state index in [4.69, 9.17) is 0 Å². The van der Waals surface area contributed by atoms with Gasteiger partial charge in [0, 0.05) is 6.07 Å². The van der Waals surface area contributed by atoms with Crippen molar-refractivity contribution in [3.63, 3.8) is 0 Å². The summed E-state index contributed by atoms with van der Waals surface area (Å²) >= 11 is 0. The molecule has 102 valence electrons. The average Bonchev–Trinajstić information content (AvgIpc) is 2.47. The molecular formula is C15H13NO4. The molecule has 0 aliphatic heterocycles. The average molecular weight is 271 g/mol. The SMILES string of the molecule is O=Cc1cc(CCc2ccccc2)cc([N+](=O)[O-])c1O. The number of phenols is 1. The summed E-state index contributed by atoms with van der Waals surface area (Å²) in [5.41, 5.74) is 1.27. The van der Waals surface area contributed by atoms with Crippen LogP contribution in [0.15, 0.2) is 42.5 Å². The summed E-state index contributed by atoms with van der Waals surface area (Å²) in [5, 5.41) is 20.4. The van der Waals surface area contributed by atoms with Crippen molar-refractivity contribution in [2.45, 2.75) is 12.8 Å². The predicted octanol–water partition coefficient (Wildman–Crippen LogP) is 2.90. The van der Waals surface area contributed by atoms with Crippen LogP contribution < -0.4 is 0 Å². The molecule has 20 heavy (non-hydrogen) atoms. The van der Waals surface area contributed by atoms with Crippen molar-refractivity contribution in [2.24, 2.45) is 0 Å². The van der Waals surface area contributed by atoms with Crippen LogP contribution in [-0.2, 0) is 12.8 Å². The molecular weight excluding hydrogens is 258 g/mol. The van der Waals surface area contributed by atoms with Crippen LogP contribution >= 0.6 is 0 Å². The lowest BCUT2D eigenvalue weighted by atomic mass is 10.0. The van der Waals surface area contributed by atoms with E-state index in [0.29, 0.717) is 24.7 Å². The first kappa shape index (κ1) is 13.7. The van der Waals surface area contributed by atoms with E-state index < -0.39 is 16.4 Å². The molecule has 0 saturated heterocycles. The molecule has 5 heteroatoms. The number of phenolic OH excluding ortho intramolecular Hbond substituents is 1. The van der Waals surface area contributed by atoms with Gasteiger partial charge in [-0.3, -0.25) is 14.9 Å². The first-order valence-corrected chi connectivity index (χ1v) is 6.11. The number of carbonyl (C=O) groups excluding carboxylic acids is 1. The second-order valence-corrected chi connectivity index (χ2v) is 4.41. The molecule has 1 N–H and O–H groups in total. The monoisotopic (exact) mass is 271 g/mol. The highest BCUT2D eigenvalue weighted by Crippen LogP contribution is 2.30. The van der Waals surface area contributed by atoms with E-state index in [1.54, 1.807) is 0 Å². The Morgan fingerprint density at radius 2 is 1.75 bits per heavy atom. The minimum atomic E-state index is -0.686. The summed E-state index contributed by atoms with van der Waals surface area (Å²) in [6.45, 7) is 0. The van der Waals surface area contributed by atoms with Gasteiger partial charge in [-0.1, -0.05) is 30.3 Å². The van der Waals surface area contributed by atoms with E-state index in [0.717, 1.165) is 5.56 Å². The third kappa shape index (κ3) is 3.00. The highest BCUT2D eigenvalue weighted by molar-refractivity contribution is 5.82. The van der Waals surface area contributed by atoms with Crippen LogP contribution in [0, 0.1) is 10.1 Å². The van der Waals surface area contributed by atoms with E-state index in [2.05, 4.69) is 0 Å². The zero-order valence-electron chi connectivity index (χ0n) is 10.7. The van der Waals surface area contributed by atoms with Gasteiger partial charge < -0.3 is 5.11 Å². The Balaban J connectivity index is 2.26. The van der Waals surface area contributed by atoms with E-state index in [-0.39, 0.29) is 5.56 Å². The number of aryl methyl sites for hydroxylation is 2. The summed E-state index contributed by atoms with van der Waals surface area (Å²) < 4.78 is 0. The Labute approximate surface area is 115 Å². The fraction of sp³-hybridized carbons (Fsp3) is 0.133. The van der Waals surface area contributed by atoms with Gasteiger partial charge in [0.25, 0.3) is 0 Å². The first-order chi connectivity index (χ1) is 9.61. The molecule has 0 spiro atoms. The molecule has 2 rings (SSSR count). The van der Waals surface area contributed by atoms with Crippen molar-refractivity contribution < 1.29 is 14.8 Å². The van der Waals surface area contributed by atoms with Gasteiger partial charge in [0.2, 0.25) is 5.75 Å². The number of carbonyl (C=O) groups is 1. The van der Waals surface area contributed by atoms with Gasteiger partial charge in [0.05, 0.1) is 10.5 Å². The Kier molecular flexibility index (Phi) is 4.10. The molecule has 0 atom stereocenters. The standard InChI is InChI=1S/C15H13NO4/c17-10-13-8-12(9-14(15(13)18)16(19)20)7-6-11-4-2-1-3-5-11/h1-5,8-10,18H,6-7H2. The van der Waals surface area contributed by atoms with Crippen molar-refractivity contribution in [1.29, 1.82) is 0 Å². The largest absolute Gasteiger partial charge is 0.502 e. The summed E-state index contributed by atoms with van der Waals surface area (Å²) in [6, 6.07) is 12.5. The Bertz CT molecular complexity index is 638. The Morgan fingerprint density at radius 1 is 1.10 bits per heavy atom. The lowest BCUT2D eigenvalue weighted by Gasteiger charge is -2.05. The Hall–Kier alpha value is -2.69. The molecule has 2 aromatic carbocycles. The van der Waals surface area contributed by atoms with E-state index in [9.17, 15) is 20.0 Å². The summed E-state index contributed by atoms with van der Waals surface area (Å²) in [4.78, 5) is 21.0. The number of benzene rings is 2. The van der Waals surface area contributed by atoms with Gasteiger partial charge >= 0.3 is 5.69 Å². The number of nitro groups is 1. The van der Waals surface area contributed by atoms with Crippen molar-refractivity contribution in [3.8, 4) is 5.75 Å². The second kappa shape index (κ2) is 5.97. The minimum absolute atomic E-state index is 0.0535. The van der Waals surface area contributed by atoms with Crippen LogP contribution in [0.4, 0.5) is 5.69 Å². The van der Waals surface area contributed by atoms with E-state index in [1.807, 2.05) is 30.3 Å². The van der Waals surface area contributed by atoms with E-state index in [1.165, 1.54) is 12.1 Å². The smallest absolute Gasteiger partial charge is 0.311 e. The van der Waals surface area contributed by atoms with Gasteiger partial charge in [0.15, 0.2) is 6.29 Å². The molecule has 0 bridgehead atoms. The number of aldehydes is 1. The molecule has 0 aliphatic carbocycles. The normalized spacial score (nSPS) is 10.2. The van der Waals surface area contributed by atoms with Crippen LogP contribution in [0.25, 0.3) is 0 Å². The fourth-order valence-electron chi connectivity index (χ4n) is 2.01. The van der Waals surface area contributed by atoms with Crippen LogP contribution in [0.3, 0.4) is 0 Å². The molecule has 0 fully saturated rings. The number of rotatable bonds is 5. The molecule has 0 radical (unpaired) electrons. The molecule has 0 aliphatic rings. The van der Waals surface area contributed by atoms with Gasteiger partial charge in [-0.25, -0.2) is 0 Å². The molecule has 0 heterocycles. The van der Waals surface area contributed by atoms with Gasteiger partial charge in [0.1, 0.15) is 0 Å². The predicted molar refractivity (Wildman–Crippen MR) is 74.0 cm³/mol. The molecule has 0 saturated carbocycles. The maximum absolute atomic E-state index is 10.8. The third-order valence-electron chi connectivity index (χ3n) is 3.05. The fourth-order valence-corrected chi connectivity index (χ4v) is 2.01. The topological polar surface area (TPSA) is 80.4 Å². The van der Waals surface area contributed by atoms with E-state index >= 15 is 0 Å². The van der Waals surface area contributed by atoms with Crippen molar-refractivity contribution in [1.82, 2.24) is 0 Å². The molecule has 0 amide bonds. The molecule has 0 aromatic heterocycles. The highest BCUT2D eigenvalue weighted by Gasteiger charge is 2.18. The van der Waals surface area contributed by atoms with Crippen LogP contribution in [-0.4, -0.2) is 16.3 Å². The lowest BCUT2D eigenvalue weighted by molar-refractivity contribution is -0.385. The number of hydrogen-bond donors (Lipinski definition) is 1. The van der Waals surface area contributed by atoms with Crippen molar-refractivity contribution in [2.75, 3.05) is 0 Å². The maximum atomic E-state index is 10.8. The zero-order chi connectivity index (χ0) is 14.5. The number of aromatic hydroxyl groups is 1. The van der Waals surface area contributed by atoms with Crippen molar-refractivity contribution >= 4 is 12.0 Å². The summed E-state index contributed by atoms with van der Waals surface area (Å²) in [7, 11) is 0. The number of nitro benzene ring substituents is 1. The zero-order valence-corrected chi connectivity index (χ0v) is 10.7. The summed E-state index contributed by atoms with van der Waals surface area (Å²) in [5.74, 6) is -0.575. The lowest BCUT2D eigenvalue weighted by Crippen LogP contribution is -1.97. The van der Waals surface area contributed by atoms with Gasteiger partial charge in [-0.2, -0.15) is 0 Å². The maximum Gasteiger partial charge on any atom is 0.311 e. The number of nitrogens with zero attached hydrogens (tertiary/aromatic N) is 1. The van der Waals surface area contributed by atoms with Crippen LogP contribution in [0.5, 0.6) is 5.75 Å². The molecule has 0 unspecified atom stereocenters. The minimum Gasteiger partial charge on any atom is -0.502 e. The highest BCUT2D eigenvalue weighted by atomic mass is 16.6. The van der Waals surface area contributed by atoms with Gasteiger partial charge in [-0.05, 0) is 30.0 Å². The van der Waals surface area contributed by atoms with Crippen LogP contribution in [0.2, 0.25) is 0 Å². The second-order valence-electron chi connectivity index (χ2n) is 4.41. The van der Waals surface area contributed by atoms with Gasteiger partial charge in [-0.15, -0.1) is 0 Å². The summed E-state index contributed by atoms with van der Waals surface area (Å²) in [6.07, 6.45) is 1.70. The third-order valence-corrected chi connectivity index (χ3v) is 3.05. The van der Waals surface area contributed by atoms with Crippen LogP contribution in [0.1, 0.15) is 21.5 Å². The number of hydrogen-bond acceptors (Lipinski definition) is 4. The van der Waals surface area contributed by atoms with Crippen molar-refractivity contribution in [3.05, 3.63) is 69.3 Å². The first-order valence-electron chi connectivity index (χ1n) is 6.11. The Morgan fingerprint density at radius 3 is 2.35 bits per heavy atom. The molecule has 2 aromatic rings. The quantitative estimate of drug-likeness (QED) is 0.515. The molecule has 5 nitrogen and oxygen atoms in total.